The smallest absolute Gasteiger partial charge is 0.164 e. The van der Waals surface area contributed by atoms with Crippen LogP contribution in [0, 0.1) is 0 Å². The molecule has 1 aromatic heterocycles. The Morgan fingerprint density at radius 3 is 2.43 bits per heavy atom. The number of anilines is 2. The quantitative estimate of drug-likeness (QED) is 0.222. The molecule has 0 aliphatic carbocycles. The van der Waals surface area contributed by atoms with Crippen LogP contribution in [0.3, 0.4) is 0 Å². The Morgan fingerprint density at radius 1 is 1.09 bits per heavy atom. The zero-order chi connectivity index (χ0) is 24.8. The monoisotopic (exact) mass is 591 g/mol. The summed E-state index contributed by atoms with van der Waals surface area (Å²) in [6.07, 6.45) is -0.870. The Balaban J connectivity index is 0.00000432. The topological polar surface area (TPSA) is 169 Å². The summed E-state index contributed by atoms with van der Waals surface area (Å²) in [5.74, 6) is 1.03. The SMILES string of the molecule is COc1cc2c(Nc3ccc(Br)c(Cl)c3)ncnc2cc1O[C@@H](CO)[C@@H](O)[C@H](O)[C@H](CO)SC.O. The van der Waals surface area contributed by atoms with E-state index in [1.807, 2.05) is 12.1 Å². The molecule has 0 radical (unpaired) electrons. The second kappa shape index (κ2) is 13.4. The Morgan fingerprint density at radius 2 is 1.83 bits per heavy atom. The van der Waals surface area contributed by atoms with Crippen molar-refractivity contribution < 1.29 is 35.4 Å². The minimum absolute atomic E-state index is 0. The van der Waals surface area contributed by atoms with Gasteiger partial charge in [0, 0.05) is 21.6 Å². The van der Waals surface area contributed by atoms with E-state index in [4.69, 9.17) is 21.1 Å². The van der Waals surface area contributed by atoms with Crippen molar-refractivity contribution in [3.63, 3.8) is 0 Å². The first-order valence-corrected chi connectivity index (χ1v) is 12.6. The molecule has 0 saturated carbocycles. The van der Waals surface area contributed by atoms with Crippen molar-refractivity contribution in [3.8, 4) is 11.5 Å². The van der Waals surface area contributed by atoms with Crippen LogP contribution >= 0.6 is 39.3 Å². The fourth-order valence-corrected chi connectivity index (χ4v) is 4.28. The molecule has 0 saturated heterocycles. The second-order valence-electron chi connectivity index (χ2n) is 7.27. The van der Waals surface area contributed by atoms with Crippen LogP contribution in [0.5, 0.6) is 11.5 Å². The number of thioether (sulfide) groups is 1. The Bertz CT molecular complexity index is 1130. The average Bonchev–Trinajstić information content (AvgIpc) is 2.84. The van der Waals surface area contributed by atoms with Gasteiger partial charge in [-0.1, -0.05) is 11.6 Å². The number of hydrogen-bond acceptors (Lipinski definition) is 10. The predicted octanol–water partition coefficient (Wildman–Crippen LogP) is 2.16. The number of methoxy groups -OCH3 is 1. The average molecular weight is 593 g/mol. The first-order valence-electron chi connectivity index (χ1n) is 10.1. The van der Waals surface area contributed by atoms with E-state index in [1.54, 1.807) is 24.5 Å². The summed E-state index contributed by atoms with van der Waals surface area (Å²) in [5.41, 5.74) is 1.23. The van der Waals surface area contributed by atoms with E-state index < -0.39 is 30.2 Å². The van der Waals surface area contributed by atoms with Crippen molar-refractivity contribution in [1.82, 2.24) is 9.97 Å². The summed E-state index contributed by atoms with van der Waals surface area (Å²) in [5, 5.41) is 43.9. The van der Waals surface area contributed by atoms with E-state index >= 15 is 0 Å². The van der Waals surface area contributed by atoms with Crippen LogP contribution in [0.1, 0.15) is 0 Å². The number of fused-ring (bicyclic) bond motifs is 1. The third kappa shape index (κ3) is 6.86. The van der Waals surface area contributed by atoms with Gasteiger partial charge in [-0.3, -0.25) is 0 Å². The number of nitrogens with one attached hydrogen (secondary N) is 1. The summed E-state index contributed by atoms with van der Waals surface area (Å²) in [4.78, 5) is 8.60. The van der Waals surface area contributed by atoms with Gasteiger partial charge in [-0.05, 0) is 46.5 Å². The molecule has 4 atom stereocenters. The van der Waals surface area contributed by atoms with Crippen LogP contribution in [0.2, 0.25) is 5.02 Å². The third-order valence-corrected chi connectivity index (χ3v) is 7.42. The van der Waals surface area contributed by atoms with Gasteiger partial charge >= 0.3 is 0 Å². The number of aliphatic hydroxyl groups is 4. The van der Waals surface area contributed by atoms with Crippen molar-refractivity contribution in [2.45, 2.75) is 23.6 Å². The molecule has 7 N–H and O–H groups in total. The third-order valence-electron chi connectivity index (χ3n) is 5.16. The number of nitrogens with zero attached hydrogens (tertiary/aromatic N) is 2. The molecule has 0 aliphatic rings. The molecule has 35 heavy (non-hydrogen) atoms. The van der Waals surface area contributed by atoms with E-state index in [0.717, 1.165) is 10.2 Å². The number of ether oxygens (including phenoxy) is 2. The maximum atomic E-state index is 10.5. The summed E-state index contributed by atoms with van der Waals surface area (Å²) in [7, 11) is 1.45. The molecule has 0 amide bonds. The number of aliphatic hydroxyl groups excluding tert-OH is 4. The molecule has 0 aliphatic heterocycles. The summed E-state index contributed by atoms with van der Waals surface area (Å²) < 4.78 is 12.1. The van der Waals surface area contributed by atoms with E-state index in [9.17, 15) is 20.4 Å². The standard InChI is InChI=1S/C22H25BrClN3O6S.H2O/c1-32-16-6-12-15(25-10-26-22(12)27-11-3-4-13(23)14(24)5-11)7-17(16)33-18(8-28)20(30)21(31)19(9-29)34-2;/h3-7,10,18-21,28-31H,8-9H2,1-2H3,(H,25,26,27);1H2/t18-,19-,20+,21+;/m0./s1. The van der Waals surface area contributed by atoms with Crippen LogP contribution in [0.15, 0.2) is 41.1 Å². The van der Waals surface area contributed by atoms with Crippen LogP contribution in [-0.2, 0) is 0 Å². The normalized spacial score (nSPS) is 14.5. The lowest BCUT2D eigenvalue weighted by atomic mass is 10.1. The van der Waals surface area contributed by atoms with Crippen LogP contribution in [0.25, 0.3) is 10.9 Å². The van der Waals surface area contributed by atoms with Crippen molar-refractivity contribution in [2.75, 3.05) is 31.9 Å². The largest absolute Gasteiger partial charge is 0.493 e. The minimum Gasteiger partial charge on any atom is -0.493 e. The summed E-state index contributed by atoms with van der Waals surface area (Å²) in [6, 6.07) is 8.67. The van der Waals surface area contributed by atoms with Crippen molar-refractivity contribution in [3.05, 3.63) is 46.2 Å². The molecular weight excluding hydrogens is 566 g/mol. The number of aromatic nitrogens is 2. The van der Waals surface area contributed by atoms with E-state index in [0.29, 0.717) is 27.5 Å². The highest BCUT2D eigenvalue weighted by molar-refractivity contribution is 9.10. The van der Waals surface area contributed by atoms with Crippen LogP contribution in [0.4, 0.5) is 11.5 Å². The molecular formula is C22H27BrClN3O7S. The fraction of sp³-hybridized carbons (Fsp3) is 0.364. The lowest BCUT2D eigenvalue weighted by molar-refractivity contribution is -0.0693. The molecule has 192 valence electrons. The predicted molar refractivity (Wildman–Crippen MR) is 140 cm³/mol. The molecule has 0 spiro atoms. The van der Waals surface area contributed by atoms with Gasteiger partial charge in [-0.2, -0.15) is 11.8 Å². The molecule has 0 fully saturated rings. The molecule has 3 aromatic rings. The van der Waals surface area contributed by atoms with Crippen molar-refractivity contribution >= 4 is 61.7 Å². The molecule has 13 heteroatoms. The van der Waals surface area contributed by atoms with Crippen LogP contribution in [-0.4, -0.2) is 86.0 Å². The highest BCUT2D eigenvalue weighted by atomic mass is 79.9. The number of halogens is 2. The zero-order valence-electron chi connectivity index (χ0n) is 18.9. The highest BCUT2D eigenvalue weighted by Gasteiger charge is 2.33. The Hall–Kier alpha value is -1.90. The molecule has 10 nitrogen and oxygen atoms in total. The zero-order valence-corrected chi connectivity index (χ0v) is 22.0. The lowest BCUT2D eigenvalue weighted by Crippen LogP contribution is -2.48. The maximum Gasteiger partial charge on any atom is 0.164 e. The van der Waals surface area contributed by atoms with Gasteiger partial charge in [0.15, 0.2) is 17.6 Å². The van der Waals surface area contributed by atoms with E-state index in [2.05, 4.69) is 31.2 Å². The number of benzene rings is 2. The van der Waals surface area contributed by atoms with E-state index in [-0.39, 0.29) is 17.8 Å². The molecule has 2 aromatic carbocycles. The van der Waals surface area contributed by atoms with E-state index in [1.165, 1.54) is 25.2 Å². The molecule has 1 heterocycles. The van der Waals surface area contributed by atoms with Gasteiger partial charge in [0.1, 0.15) is 18.2 Å². The maximum absolute atomic E-state index is 10.5. The number of rotatable bonds is 11. The Kier molecular flexibility index (Phi) is 11.2. The van der Waals surface area contributed by atoms with Gasteiger partial charge in [-0.15, -0.1) is 0 Å². The van der Waals surface area contributed by atoms with Gasteiger partial charge in [0.2, 0.25) is 0 Å². The summed E-state index contributed by atoms with van der Waals surface area (Å²) >= 11 is 10.7. The van der Waals surface area contributed by atoms with Crippen molar-refractivity contribution in [2.24, 2.45) is 0 Å². The highest BCUT2D eigenvalue weighted by Crippen LogP contribution is 2.36. The van der Waals surface area contributed by atoms with Crippen LogP contribution < -0.4 is 14.8 Å². The van der Waals surface area contributed by atoms with Gasteiger partial charge in [0.25, 0.3) is 0 Å². The molecule has 3 rings (SSSR count). The van der Waals surface area contributed by atoms with Gasteiger partial charge in [0.05, 0.1) is 42.2 Å². The van der Waals surface area contributed by atoms with Gasteiger partial charge in [-0.25, -0.2) is 9.97 Å². The molecule has 0 bridgehead atoms. The van der Waals surface area contributed by atoms with Gasteiger partial charge < -0.3 is 40.7 Å². The summed E-state index contributed by atoms with van der Waals surface area (Å²) in [6.45, 7) is -0.917. The first-order chi connectivity index (χ1) is 16.3. The lowest BCUT2D eigenvalue weighted by Gasteiger charge is -2.30. The first kappa shape index (κ1) is 29.3. The fourth-order valence-electron chi connectivity index (χ4n) is 3.27. The minimum atomic E-state index is -1.46. The molecule has 0 unspecified atom stereocenters. The van der Waals surface area contributed by atoms with Crippen molar-refractivity contribution in [1.29, 1.82) is 0 Å². The number of hydrogen-bond donors (Lipinski definition) is 5. The Labute approximate surface area is 219 Å². The second-order valence-corrected chi connectivity index (χ2v) is 9.61.